The Labute approximate surface area is 119 Å². The lowest BCUT2D eigenvalue weighted by Gasteiger charge is -2.13. The highest BCUT2D eigenvalue weighted by atomic mass is 16.5. The Morgan fingerprint density at radius 1 is 1.40 bits per heavy atom. The molecule has 1 unspecified atom stereocenters. The number of rotatable bonds is 6. The van der Waals surface area contributed by atoms with Gasteiger partial charge < -0.3 is 14.5 Å². The van der Waals surface area contributed by atoms with E-state index in [0.717, 1.165) is 17.7 Å². The van der Waals surface area contributed by atoms with Gasteiger partial charge in [-0.15, -0.1) is 0 Å². The number of hydrogen-bond acceptors (Lipinski definition) is 4. The molecule has 2 aromatic rings. The molecule has 4 nitrogen and oxygen atoms in total. The van der Waals surface area contributed by atoms with E-state index in [0.29, 0.717) is 23.9 Å². The number of nitriles is 1. The van der Waals surface area contributed by atoms with Crippen LogP contribution < -0.4 is 10.1 Å². The van der Waals surface area contributed by atoms with Crippen LogP contribution in [0.15, 0.2) is 41.0 Å². The van der Waals surface area contributed by atoms with Gasteiger partial charge in [-0.25, -0.2) is 0 Å². The van der Waals surface area contributed by atoms with Crippen molar-refractivity contribution in [1.82, 2.24) is 5.32 Å². The molecule has 0 aliphatic heterocycles. The van der Waals surface area contributed by atoms with Gasteiger partial charge in [-0.2, -0.15) is 5.26 Å². The molecule has 1 aromatic carbocycles. The second-order valence-corrected chi connectivity index (χ2v) is 4.71. The standard InChI is InChI=1S/C16H18N2O2/c1-12(8-15-4-3-7-20-15)18-11-13-5-6-16(19-2)14(9-13)10-17/h3-7,9,12,18H,8,11H2,1-2H3. The summed E-state index contributed by atoms with van der Waals surface area (Å²) in [6.07, 6.45) is 2.53. The molecule has 2 rings (SSSR count). The highest BCUT2D eigenvalue weighted by molar-refractivity contribution is 5.45. The summed E-state index contributed by atoms with van der Waals surface area (Å²) in [4.78, 5) is 0. The molecule has 0 aliphatic rings. The molecule has 20 heavy (non-hydrogen) atoms. The number of hydrogen-bond donors (Lipinski definition) is 1. The van der Waals surface area contributed by atoms with Crippen molar-refractivity contribution in [3.63, 3.8) is 0 Å². The van der Waals surface area contributed by atoms with Crippen LogP contribution in [-0.4, -0.2) is 13.2 Å². The molecule has 0 fully saturated rings. The molecular weight excluding hydrogens is 252 g/mol. The van der Waals surface area contributed by atoms with Crippen molar-refractivity contribution in [1.29, 1.82) is 5.26 Å². The van der Waals surface area contributed by atoms with Gasteiger partial charge in [0, 0.05) is 19.0 Å². The third-order valence-electron chi connectivity index (χ3n) is 3.13. The summed E-state index contributed by atoms with van der Waals surface area (Å²) in [7, 11) is 1.57. The highest BCUT2D eigenvalue weighted by Crippen LogP contribution is 2.18. The van der Waals surface area contributed by atoms with Crippen LogP contribution >= 0.6 is 0 Å². The van der Waals surface area contributed by atoms with Crippen LogP contribution in [0.25, 0.3) is 0 Å². The second kappa shape index (κ2) is 6.78. The number of furan rings is 1. The first-order valence-electron chi connectivity index (χ1n) is 6.55. The maximum atomic E-state index is 9.06. The zero-order valence-electron chi connectivity index (χ0n) is 11.7. The first-order valence-corrected chi connectivity index (χ1v) is 6.55. The minimum atomic E-state index is 0.300. The van der Waals surface area contributed by atoms with E-state index in [-0.39, 0.29) is 0 Å². The van der Waals surface area contributed by atoms with Gasteiger partial charge in [0.25, 0.3) is 0 Å². The molecule has 0 spiro atoms. The van der Waals surface area contributed by atoms with E-state index < -0.39 is 0 Å². The van der Waals surface area contributed by atoms with Crippen molar-refractivity contribution >= 4 is 0 Å². The molecule has 1 heterocycles. The number of ether oxygens (including phenoxy) is 1. The van der Waals surface area contributed by atoms with Gasteiger partial charge in [-0.1, -0.05) is 6.07 Å². The molecule has 104 valence electrons. The summed E-state index contributed by atoms with van der Waals surface area (Å²) in [6, 6.07) is 12.0. The summed E-state index contributed by atoms with van der Waals surface area (Å²) < 4.78 is 10.5. The van der Waals surface area contributed by atoms with Gasteiger partial charge in [-0.3, -0.25) is 0 Å². The fourth-order valence-electron chi connectivity index (χ4n) is 2.05. The second-order valence-electron chi connectivity index (χ2n) is 4.71. The van der Waals surface area contributed by atoms with E-state index in [2.05, 4.69) is 18.3 Å². The Kier molecular flexibility index (Phi) is 4.80. The van der Waals surface area contributed by atoms with Gasteiger partial charge in [-0.05, 0) is 36.8 Å². The molecule has 1 N–H and O–H groups in total. The predicted molar refractivity (Wildman–Crippen MR) is 76.4 cm³/mol. The maximum absolute atomic E-state index is 9.06. The molecule has 0 aliphatic carbocycles. The summed E-state index contributed by atoms with van der Waals surface area (Å²) in [5.74, 6) is 1.58. The van der Waals surface area contributed by atoms with Crippen molar-refractivity contribution in [2.45, 2.75) is 25.9 Å². The van der Waals surface area contributed by atoms with E-state index in [1.54, 1.807) is 13.4 Å². The molecule has 1 atom stereocenters. The Balaban J connectivity index is 1.92. The maximum Gasteiger partial charge on any atom is 0.136 e. The van der Waals surface area contributed by atoms with Crippen molar-refractivity contribution in [2.75, 3.05) is 7.11 Å². The van der Waals surface area contributed by atoms with E-state index in [4.69, 9.17) is 14.4 Å². The quantitative estimate of drug-likeness (QED) is 0.876. The Morgan fingerprint density at radius 2 is 2.25 bits per heavy atom. The summed E-state index contributed by atoms with van der Waals surface area (Å²) in [6.45, 7) is 2.82. The average Bonchev–Trinajstić information content (AvgIpc) is 2.97. The number of nitrogens with one attached hydrogen (secondary N) is 1. The molecule has 0 saturated carbocycles. The molecule has 0 bridgehead atoms. The largest absolute Gasteiger partial charge is 0.495 e. The van der Waals surface area contributed by atoms with Gasteiger partial charge in [0.05, 0.1) is 18.9 Å². The van der Waals surface area contributed by atoms with Crippen molar-refractivity contribution in [2.24, 2.45) is 0 Å². The number of methoxy groups -OCH3 is 1. The Morgan fingerprint density at radius 3 is 2.90 bits per heavy atom. The molecule has 0 saturated heterocycles. The smallest absolute Gasteiger partial charge is 0.136 e. The van der Waals surface area contributed by atoms with Crippen LogP contribution in [0.4, 0.5) is 0 Å². The monoisotopic (exact) mass is 270 g/mol. The first kappa shape index (κ1) is 14.2. The molecule has 4 heteroatoms. The topological polar surface area (TPSA) is 58.2 Å². The van der Waals surface area contributed by atoms with Crippen LogP contribution in [0, 0.1) is 11.3 Å². The summed E-state index contributed by atoms with van der Waals surface area (Å²) in [5.41, 5.74) is 1.62. The average molecular weight is 270 g/mol. The zero-order valence-corrected chi connectivity index (χ0v) is 11.7. The number of nitrogens with zero attached hydrogens (tertiary/aromatic N) is 1. The van der Waals surface area contributed by atoms with Crippen LogP contribution in [0.3, 0.4) is 0 Å². The molecule has 0 radical (unpaired) electrons. The Bertz CT molecular complexity index is 585. The van der Waals surface area contributed by atoms with E-state index >= 15 is 0 Å². The molecule has 0 amide bonds. The summed E-state index contributed by atoms with van der Waals surface area (Å²) >= 11 is 0. The van der Waals surface area contributed by atoms with E-state index in [1.807, 2.05) is 30.3 Å². The van der Waals surface area contributed by atoms with Crippen molar-refractivity contribution < 1.29 is 9.15 Å². The lowest BCUT2D eigenvalue weighted by molar-refractivity contribution is 0.413. The third kappa shape index (κ3) is 3.62. The van der Waals surface area contributed by atoms with Crippen LogP contribution in [0.5, 0.6) is 5.75 Å². The Hall–Kier alpha value is -2.25. The fourth-order valence-corrected chi connectivity index (χ4v) is 2.05. The van der Waals surface area contributed by atoms with Gasteiger partial charge in [0.2, 0.25) is 0 Å². The predicted octanol–water partition coefficient (Wildman–Crippen LogP) is 2.88. The number of benzene rings is 1. The van der Waals surface area contributed by atoms with E-state index in [9.17, 15) is 0 Å². The van der Waals surface area contributed by atoms with Gasteiger partial charge in [0.1, 0.15) is 17.6 Å². The van der Waals surface area contributed by atoms with E-state index in [1.165, 1.54) is 0 Å². The third-order valence-corrected chi connectivity index (χ3v) is 3.13. The SMILES string of the molecule is COc1ccc(CNC(C)Cc2ccco2)cc1C#N. The summed E-state index contributed by atoms with van der Waals surface area (Å²) in [5, 5.41) is 12.5. The first-order chi connectivity index (χ1) is 9.72. The minimum Gasteiger partial charge on any atom is -0.495 e. The van der Waals surface area contributed by atoms with Crippen molar-refractivity contribution in [3.8, 4) is 11.8 Å². The lowest BCUT2D eigenvalue weighted by Crippen LogP contribution is -2.27. The minimum absolute atomic E-state index is 0.300. The zero-order chi connectivity index (χ0) is 14.4. The van der Waals surface area contributed by atoms with Gasteiger partial charge in [0.15, 0.2) is 0 Å². The van der Waals surface area contributed by atoms with Crippen LogP contribution in [0.2, 0.25) is 0 Å². The lowest BCUT2D eigenvalue weighted by atomic mass is 10.1. The normalized spacial score (nSPS) is 11.8. The fraction of sp³-hybridized carbons (Fsp3) is 0.312. The van der Waals surface area contributed by atoms with Gasteiger partial charge >= 0.3 is 0 Å². The van der Waals surface area contributed by atoms with Crippen LogP contribution in [0.1, 0.15) is 23.8 Å². The van der Waals surface area contributed by atoms with Crippen LogP contribution in [-0.2, 0) is 13.0 Å². The highest BCUT2D eigenvalue weighted by Gasteiger charge is 2.07. The molecule has 1 aromatic heterocycles. The van der Waals surface area contributed by atoms with Crippen molar-refractivity contribution in [3.05, 3.63) is 53.5 Å². The molecular formula is C16H18N2O2.